The van der Waals surface area contributed by atoms with Gasteiger partial charge in [0.15, 0.2) is 0 Å². The van der Waals surface area contributed by atoms with Crippen LogP contribution in [0, 0.1) is 12.8 Å². The largest absolute Gasteiger partial charge is 0.350 e. The molecule has 0 aromatic carbocycles. The van der Waals surface area contributed by atoms with E-state index in [0.717, 1.165) is 18.2 Å². The second-order valence-corrected chi connectivity index (χ2v) is 6.14. The van der Waals surface area contributed by atoms with Gasteiger partial charge in [-0.05, 0) is 32.6 Å². The number of nitrogens with one attached hydrogen (secondary N) is 1. The maximum absolute atomic E-state index is 4.62. The number of hydrogen-bond donors (Lipinski definition) is 1. The van der Waals surface area contributed by atoms with Gasteiger partial charge in [-0.15, -0.1) is 0 Å². The van der Waals surface area contributed by atoms with Crippen LogP contribution in [0.3, 0.4) is 0 Å². The van der Waals surface area contributed by atoms with Crippen LogP contribution in [0.5, 0.6) is 0 Å². The van der Waals surface area contributed by atoms with Crippen molar-refractivity contribution in [2.75, 3.05) is 5.32 Å². The number of anilines is 1. The highest BCUT2D eigenvalue weighted by Crippen LogP contribution is 2.32. The van der Waals surface area contributed by atoms with E-state index < -0.39 is 0 Å². The number of imidazole rings is 1. The summed E-state index contributed by atoms with van der Waals surface area (Å²) in [5.74, 6) is 1.71. The zero-order valence-corrected chi connectivity index (χ0v) is 11.6. The Morgan fingerprint density at radius 1 is 1.41 bits per heavy atom. The molecule has 1 saturated carbocycles. The quantitative estimate of drug-likeness (QED) is 0.864. The van der Waals surface area contributed by atoms with Crippen molar-refractivity contribution in [2.45, 2.75) is 65.5 Å². The van der Waals surface area contributed by atoms with E-state index in [1.807, 2.05) is 0 Å². The summed E-state index contributed by atoms with van der Waals surface area (Å²) in [7, 11) is 0. The van der Waals surface area contributed by atoms with E-state index in [4.69, 9.17) is 0 Å². The Labute approximate surface area is 105 Å². The molecule has 0 unspecified atom stereocenters. The molecule has 1 fully saturated rings. The molecular weight excluding hydrogens is 210 g/mol. The van der Waals surface area contributed by atoms with E-state index in [2.05, 4.69) is 48.8 Å². The first kappa shape index (κ1) is 12.5. The highest BCUT2D eigenvalue weighted by atomic mass is 15.2. The molecule has 0 bridgehead atoms. The molecule has 1 aliphatic carbocycles. The fourth-order valence-corrected chi connectivity index (χ4v) is 2.73. The maximum atomic E-state index is 4.62. The molecule has 1 aromatic rings. The monoisotopic (exact) mass is 235 g/mol. The summed E-state index contributed by atoms with van der Waals surface area (Å²) in [5, 5.41) is 3.66. The molecule has 1 aromatic heterocycles. The minimum Gasteiger partial charge on any atom is -0.350 e. The van der Waals surface area contributed by atoms with Gasteiger partial charge in [0, 0.05) is 18.3 Å². The predicted molar refractivity (Wildman–Crippen MR) is 72.3 cm³/mol. The van der Waals surface area contributed by atoms with Crippen molar-refractivity contribution < 1.29 is 0 Å². The first-order valence-corrected chi connectivity index (χ1v) is 6.80. The molecule has 1 N–H and O–H groups in total. The predicted octanol–water partition coefficient (Wildman–Crippen LogP) is 3.59. The highest BCUT2D eigenvalue weighted by Gasteiger charge is 2.29. The van der Waals surface area contributed by atoms with Gasteiger partial charge in [-0.2, -0.15) is 0 Å². The normalized spacial score (nSPS) is 18.9. The van der Waals surface area contributed by atoms with E-state index in [-0.39, 0.29) is 5.54 Å². The van der Waals surface area contributed by atoms with Gasteiger partial charge < -0.3 is 9.88 Å². The van der Waals surface area contributed by atoms with Gasteiger partial charge in [-0.25, -0.2) is 4.98 Å². The third-order valence-corrected chi connectivity index (χ3v) is 3.58. The van der Waals surface area contributed by atoms with Crippen molar-refractivity contribution in [3.63, 3.8) is 0 Å². The average Bonchev–Trinajstić information content (AvgIpc) is 2.74. The van der Waals surface area contributed by atoms with Gasteiger partial charge in [0.1, 0.15) is 0 Å². The maximum Gasteiger partial charge on any atom is 0.203 e. The Morgan fingerprint density at radius 2 is 2.06 bits per heavy atom. The zero-order valence-electron chi connectivity index (χ0n) is 11.6. The fraction of sp³-hybridized carbons (Fsp3) is 0.786. The summed E-state index contributed by atoms with van der Waals surface area (Å²) in [6.07, 6.45) is 7.36. The van der Waals surface area contributed by atoms with Crippen LogP contribution in [-0.2, 0) is 6.54 Å². The van der Waals surface area contributed by atoms with Crippen LogP contribution in [0.1, 0.15) is 52.1 Å². The molecule has 0 spiro atoms. The second kappa shape index (κ2) is 4.71. The van der Waals surface area contributed by atoms with Crippen LogP contribution in [0.4, 0.5) is 5.95 Å². The van der Waals surface area contributed by atoms with Crippen molar-refractivity contribution in [3.8, 4) is 0 Å². The van der Waals surface area contributed by atoms with Gasteiger partial charge in [0.2, 0.25) is 5.95 Å². The van der Waals surface area contributed by atoms with Crippen LogP contribution in [-0.4, -0.2) is 15.1 Å². The van der Waals surface area contributed by atoms with Crippen molar-refractivity contribution in [2.24, 2.45) is 5.92 Å². The van der Waals surface area contributed by atoms with Gasteiger partial charge in [-0.1, -0.05) is 26.7 Å². The Balaban J connectivity index is 2.14. The number of aryl methyl sites for hydroxylation is 1. The van der Waals surface area contributed by atoms with E-state index in [0.29, 0.717) is 5.92 Å². The standard InChI is InChI=1S/C14H25N3/c1-11(2)9-17-10-12(3)15-13(17)16-14(4)7-5-6-8-14/h10-11H,5-9H2,1-4H3,(H,15,16). The lowest BCUT2D eigenvalue weighted by atomic mass is 10.0. The first-order valence-electron chi connectivity index (χ1n) is 6.80. The van der Waals surface area contributed by atoms with E-state index in [1.165, 1.54) is 25.7 Å². The minimum absolute atomic E-state index is 0.256. The Kier molecular flexibility index (Phi) is 3.45. The summed E-state index contributed by atoms with van der Waals surface area (Å²) >= 11 is 0. The molecule has 0 radical (unpaired) electrons. The molecule has 3 heteroatoms. The smallest absolute Gasteiger partial charge is 0.203 e. The van der Waals surface area contributed by atoms with Crippen molar-refractivity contribution in [1.29, 1.82) is 0 Å². The second-order valence-electron chi connectivity index (χ2n) is 6.14. The number of nitrogens with zero attached hydrogens (tertiary/aromatic N) is 2. The molecule has 0 amide bonds. The summed E-state index contributed by atoms with van der Waals surface area (Å²) in [4.78, 5) is 4.62. The Morgan fingerprint density at radius 3 is 2.65 bits per heavy atom. The molecule has 2 rings (SSSR count). The fourth-order valence-electron chi connectivity index (χ4n) is 2.73. The average molecular weight is 235 g/mol. The van der Waals surface area contributed by atoms with Crippen LogP contribution in [0.2, 0.25) is 0 Å². The zero-order chi connectivity index (χ0) is 12.5. The van der Waals surface area contributed by atoms with Crippen molar-refractivity contribution >= 4 is 5.95 Å². The van der Waals surface area contributed by atoms with Crippen molar-refractivity contribution in [3.05, 3.63) is 11.9 Å². The third kappa shape index (κ3) is 3.02. The van der Waals surface area contributed by atoms with Gasteiger partial charge in [-0.3, -0.25) is 0 Å². The highest BCUT2D eigenvalue weighted by molar-refractivity contribution is 5.33. The summed E-state index contributed by atoms with van der Waals surface area (Å²) in [6, 6.07) is 0. The van der Waals surface area contributed by atoms with E-state index in [1.54, 1.807) is 0 Å². The summed E-state index contributed by atoms with van der Waals surface area (Å²) in [6.45, 7) is 9.93. The lowest BCUT2D eigenvalue weighted by Gasteiger charge is -2.26. The van der Waals surface area contributed by atoms with Gasteiger partial charge >= 0.3 is 0 Å². The number of aromatic nitrogens is 2. The third-order valence-electron chi connectivity index (χ3n) is 3.58. The molecule has 0 aliphatic heterocycles. The SMILES string of the molecule is Cc1cn(CC(C)C)c(NC2(C)CCCC2)n1. The number of rotatable bonds is 4. The molecule has 0 saturated heterocycles. The van der Waals surface area contributed by atoms with Crippen LogP contribution in [0.25, 0.3) is 0 Å². The minimum atomic E-state index is 0.256. The molecule has 0 atom stereocenters. The lowest BCUT2D eigenvalue weighted by Crippen LogP contribution is -2.32. The van der Waals surface area contributed by atoms with Gasteiger partial charge in [0.25, 0.3) is 0 Å². The van der Waals surface area contributed by atoms with Gasteiger partial charge in [0.05, 0.1) is 5.69 Å². The van der Waals surface area contributed by atoms with E-state index >= 15 is 0 Å². The first-order chi connectivity index (χ1) is 7.98. The molecule has 17 heavy (non-hydrogen) atoms. The lowest BCUT2D eigenvalue weighted by molar-refractivity contribution is 0.496. The molecular formula is C14H25N3. The Hall–Kier alpha value is -0.990. The Bertz CT molecular complexity index is 373. The molecule has 1 aliphatic rings. The summed E-state index contributed by atoms with van der Waals surface area (Å²) < 4.78 is 2.27. The van der Waals surface area contributed by atoms with Crippen molar-refractivity contribution in [1.82, 2.24) is 9.55 Å². The van der Waals surface area contributed by atoms with Crippen LogP contribution >= 0.6 is 0 Å². The molecule has 96 valence electrons. The molecule has 1 heterocycles. The topological polar surface area (TPSA) is 29.9 Å². The summed E-state index contributed by atoms with van der Waals surface area (Å²) in [5.41, 5.74) is 1.36. The van der Waals surface area contributed by atoms with Crippen LogP contribution < -0.4 is 5.32 Å². The van der Waals surface area contributed by atoms with Crippen LogP contribution in [0.15, 0.2) is 6.20 Å². The molecule has 3 nitrogen and oxygen atoms in total. The van der Waals surface area contributed by atoms with E-state index in [9.17, 15) is 0 Å². The number of hydrogen-bond acceptors (Lipinski definition) is 2.